The van der Waals surface area contributed by atoms with Gasteiger partial charge in [-0.2, -0.15) is 0 Å². The molecule has 23 heavy (non-hydrogen) atoms. The van der Waals surface area contributed by atoms with E-state index in [0.29, 0.717) is 11.8 Å². The number of hydrogen-bond acceptors (Lipinski definition) is 5. The highest BCUT2D eigenvalue weighted by atomic mass is 35.5. The molecular formula is C16H21ClFN5. The van der Waals surface area contributed by atoms with Gasteiger partial charge in [0.1, 0.15) is 23.5 Å². The molecular weight excluding hydrogens is 317 g/mol. The lowest BCUT2D eigenvalue weighted by molar-refractivity contribution is 0.120. The Kier molecular flexibility index (Phi) is 4.82. The van der Waals surface area contributed by atoms with Gasteiger partial charge < -0.3 is 14.7 Å². The molecule has 0 spiro atoms. The van der Waals surface area contributed by atoms with Crippen molar-refractivity contribution in [2.45, 2.75) is 13.0 Å². The molecule has 124 valence electrons. The minimum atomic E-state index is -0.324. The lowest BCUT2D eigenvalue weighted by atomic mass is 10.1. The van der Waals surface area contributed by atoms with Crippen LogP contribution in [0.15, 0.2) is 35.2 Å². The molecule has 0 radical (unpaired) electrons. The number of hydrogen-bond donors (Lipinski definition) is 0. The lowest BCUT2D eigenvalue weighted by Gasteiger charge is -2.43. The second-order valence-corrected chi connectivity index (χ2v) is 6.35. The highest BCUT2D eigenvalue weighted by Gasteiger charge is 2.27. The highest BCUT2D eigenvalue weighted by molar-refractivity contribution is 6.68. The Hall–Kier alpha value is -1.66. The number of halogens is 2. The topological polar surface area (TPSA) is 35.0 Å². The van der Waals surface area contributed by atoms with Gasteiger partial charge in [-0.25, -0.2) is 4.39 Å². The highest BCUT2D eigenvalue weighted by Crippen LogP contribution is 2.28. The van der Waals surface area contributed by atoms with Crippen LogP contribution in [-0.2, 0) is 0 Å². The van der Waals surface area contributed by atoms with Crippen LogP contribution in [-0.4, -0.2) is 64.7 Å². The van der Waals surface area contributed by atoms with E-state index in [1.54, 1.807) is 6.07 Å². The van der Waals surface area contributed by atoms with Crippen molar-refractivity contribution in [1.29, 1.82) is 0 Å². The quantitative estimate of drug-likeness (QED) is 0.847. The fraction of sp³-hybridized carbons (Fsp3) is 0.500. The minimum Gasteiger partial charge on any atom is -0.356 e. The third-order valence-electron chi connectivity index (χ3n) is 4.39. The molecule has 1 aromatic heterocycles. The summed E-state index contributed by atoms with van der Waals surface area (Å²) >= 11 is 6.14. The van der Waals surface area contributed by atoms with Crippen molar-refractivity contribution in [2.24, 2.45) is 4.99 Å². The largest absolute Gasteiger partial charge is 0.356 e. The standard InChI is InChI=1S/C16H21ClFN5/c1-12(14-4-3-13(18)10-19-14)23-11-20-15(17)9-16(23)22-7-5-21(2)6-8-22/h3-4,9-10,12H,5-8,11H2,1-2H3/t12-/m0/s1. The van der Waals surface area contributed by atoms with Crippen molar-refractivity contribution in [2.75, 3.05) is 39.9 Å². The van der Waals surface area contributed by atoms with E-state index in [-0.39, 0.29) is 11.9 Å². The molecule has 7 heteroatoms. The molecule has 1 aromatic rings. The van der Waals surface area contributed by atoms with Crippen LogP contribution in [0, 0.1) is 5.82 Å². The smallest absolute Gasteiger partial charge is 0.141 e. The van der Waals surface area contributed by atoms with Gasteiger partial charge in [0, 0.05) is 32.3 Å². The van der Waals surface area contributed by atoms with Crippen LogP contribution < -0.4 is 0 Å². The Morgan fingerprint density at radius 3 is 2.61 bits per heavy atom. The molecule has 3 heterocycles. The molecule has 0 amide bonds. The normalized spacial score (nSPS) is 21.0. The number of piperazine rings is 1. The van der Waals surface area contributed by atoms with E-state index in [9.17, 15) is 4.39 Å². The molecule has 1 atom stereocenters. The maximum absolute atomic E-state index is 13.1. The summed E-state index contributed by atoms with van der Waals surface area (Å²) in [5, 5.41) is 0.523. The molecule has 0 bridgehead atoms. The summed E-state index contributed by atoms with van der Waals surface area (Å²) in [6.07, 6.45) is 3.17. The van der Waals surface area contributed by atoms with Crippen LogP contribution >= 0.6 is 11.6 Å². The van der Waals surface area contributed by atoms with E-state index in [2.05, 4.69) is 38.6 Å². The first kappa shape index (κ1) is 16.2. The average molecular weight is 338 g/mol. The van der Waals surface area contributed by atoms with Crippen LogP contribution in [0.25, 0.3) is 0 Å². The van der Waals surface area contributed by atoms with Gasteiger partial charge in [-0.15, -0.1) is 0 Å². The molecule has 3 rings (SSSR count). The Balaban J connectivity index is 1.82. The number of allylic oxidation sites excluding steroid dienone is 1. The second kappa shape index (κ2) is 6.84. The summed E-state index contributed by atoms with van der Waals surface area (Å²) in [7, 11) is 2.13. The van der Waals surface area contributed by atoms with E-state index in [1.165, 1.54) is 12.3 Å². The summed E-state index contributed by atoms with van der Waals surface area (Å²) in [6, 6.07) is 3.16. The number of aliphatic imine (C=N–C) groups is 1. The Morgan fingerprint density at radius 2 is 1.96 bits per heavy atom. The van der Waals surface area contributed by atoms with Gasteiger partial charge in [0.25, 0.3) is 0 Å². The monoisotopic (exact) mass is 337 g/mol. The predicted octanol–water partition coefficient (Wildman–Crippen LogP) is 2.28. The first-order valence-corrected chi connectivity index (χ1v) is 8.15. The maximum atomic E-state index is 13.1. The fourth-order valence-electron chi connectivity index (χ4n) is 2.87. The van der Waals surface area contributed by atoms with E-state index < -0.39 is 0 Å². The Bertz CT molecular complexity index is 607. The molecule has 1 fully saturated rings. The van der Waals surface area contributed by atoms with Crippen molar-refractivity contribution in [1.82, 2.24) is 19.7 Å². The lowest BCUT2D eigenvalue weighted by Crippen LogP contribution is -2.48. The molecule has 2 aliphatic rings. The zero-order valence-corrected chi connectivity index (χ0v) is 14.2. The van der Waals surface area contributed by atoms with Crippen LogP contribution in [0.3, 0.4) is 0 Å². The Labute approximate surface area is 141 Å². The van der Waals surface area contributed by atoms with Crippen molar-refractivity contribution in [3.63, 3.8) is 0 Å². The Morgan fingerprint density at radius 1 is 1.22 bits per heavy atom. The van der Waals surface area contributed by atoms with Gasteiger partial charge in [0.15, 0.2) is 0 Å². The SMILES string of the molecule is C[C@@H](c1ccc(F)cn1)N1CN=C(Cl)C=C1N1CCN(C)CC1. The van der Waals surface area contributed by atoms with Gasteiger partial charge in [-0.05, 0) is 26.1 Å². The van der Waals surface area contributed by atoms with Gasteiger partial charge in [0.2, 0.25) is 0 Å². The molecule has 2 aliphatic heterocycles. The van der Waals surface area contributed by atoms with Crippen molar-refractivity contribution in [3.8, 4) is 0 Å². The number of likely N-dealkylation sites (N-methyl/N-ethyl adjacent to an activating group) is 1. The first-order valence-electron chi connectivity index (χ1n) is 7.78. The fourth-order valence-corrected chi connectivity index (χ4v) is 3.03. The number of pyridine rings is 1. The van der Waals surface area contributed by atoms with Crippen LogP contribution in [0.1, 0.15) is 18.7 Å². The van der Waals surface area contributed by atoms with E-state index in [0.717, 1.165) is 37.7 Å². The molecule has 0 unspecified atom stereocenters. The summed E-state index contributed by atoms with van der Waals surface area (Å²) in [6.45, 7) is 6.47. The van der Waals surface area contributed by atoms with E-state index in [4.69, 9.17) is 11.6 Å². The molecule has 0 aromatic carbocycles. The average Bonchev–Trinajstić information content (AvgIpc) is 2.55. The third kappa shape index (κ3) is 3.64. The summed E-state index contributed by atoms with van der Waals surface area (Å²) in [5.41, 5.74) is 0.819. The molecule has 1 saturated heterocycles. The van der Waals surface area contributed by atoms with Crippen LogP contribution in [0.4, 0.5) is 4.39 Å². The summed E-state index contributed by atoms with van der Waals surface area (Å²) < 4.78 is 13.1. The predicted molar refractivity (Wildman–Crippen MR) is 89.8 cm³/mol. The summed E-state index contributed by atoms with van der Waals surface area (Å²) in [5.74, 6) is 0.743. The van der Waals surface area contributed by atoms with Crippen LogP contribution in [0.5, 0.6) is 0 Å². The third-order valence-corrected chi connectivity index (χ3v) is 4.62. The van der Waals surface area contributed by atoms with E-state index >= 15 is 0 Å². The van der Waals surface area contributed by atoms with Gasteiger partial charge in [-0.1, -0.05) is 11.6 Å². The minimum absolute atomic E-state index is 0.00461. The van der Waals surface area contributed by atoms with E-state index in [1.807, 2.05) is 6.08 Å². The molecule has 0 aliphatic carbocycles. The van der Waals surface area contributed by atoms with Gasteiger partial charge >= 0.3 is 0 Å². The maximum Gasteiger partial charge on any atom is 0.141 e. The molecule has 0 saturated carbocycles. The van der Waals surface area contributed by atoms with Gasteiger partial charge in [0.05, 0.1) is 17.9 Å². The van der Waals surface area contributed by atoms with Crippen molar-refractivity contribution in [3.05, 3.63) is 41.7 Å². The molecule has 0 N–H and O–H groups in total. The van der Waals surface area contributed by atoms with Crippen molar-refractivity contribution < 1.29 is 4.39 Å². The van der Waals surface area contributed by atoms with Crippen molar-refractivity contribution >= 4 is 16.8 Å². The number of nitrogens with zero attached hydrogens (tertiary/aromatic N) is 5. The van der Waals surface area contributed by atoms with Crippen LogP contribution in [0.2, 0.25) is 0 Å². The zero-order valence-electron chi connectivity index (χ0n) is 13.4. The number of aromatic nitrogens is 1. The second-order valence-electron chi connectivity index (χ2n) is 5.96. The first-order chi connectivity index (χ1) is 11.0. The summed E-state index contributed by atoms with van der Waals surface area (Å²) in [4.78, 5) is 15.3. The number of rotatable bonds is 3. The zero-order chi connectivity index (χ0) is 16.4. The van der Waals surface area contributed by atoms with Gasteiger partial charge in [-0.3, -0.25) is 9.98 Å². The molecule has 5 nitrogen and oxygen atoms in total.